The van der Waals surface area contributed by atoms with E-state index in [1.807, 2.05) is 0 Å². The highest BCUT2D eigenvalue weighted by Gasteiger charge is 2.45. The monoisotopic (exact) mass is 340 g/mol. The van der Waals surface area contributed by atoms with Crippen LogP contribution in [0, 0.1) is 5.82 Å². The zero-order valence-electron chi connectivity index (χ0n) is 13.2. The van der Waals surface area contributed by atoms with Crippen molar-refractivity contribution in [2.45, 2.75) is 42.5 Å². The van der Waals surface area contributed by atoms with Gasteiger partial charge in [0.15, 0.2) is 0 Å². The maximum Gasteiger partial charge on any atom is 0.243 e. The van der Waals surface area contributed by atoms with E-state index in [9.17, 15) is 17.6 Å². The fourth-order valence-electron chi connectivity index (χ4n) is 3.68. The number of benzene rings is 1. The van der Waals surface area contributed by atoms with E-state index < -0.39 is 21.4 Å². The molecule has 126 valence electrons. The number of piperidine rings is 2. The minimum atomic E-state index is -3.67. The van der Waals surface area contributed by atoms with Gasteiger partial charge in [-0.1, -0.05) is 0 Å². The maximum absolute atomic E-state index is 13.0. The molecule has 0 N–H and O–H groups in total. The number of amides is 1. The second-order valence-electron chi connectivity index (χ2n) is 6.43. The Morgan fingerprint density at radius 1 is 1.13 bits per heavy atom. The Bertz CT molecular complexity index is 701. The van der Waals surface area contributed by atoms with Gasteiger partial charge < -0.3 is 4.90 Å². The van der Waals surface area contributed by atoms with Crippen LogP contribution in [0.25, 0.3) is 0 Å². The first kappa shape index (κ1) is 16.4. The molecule has 5 nitrogen and oxygen atoms in total. The number of rotatable bonds is 2. The van der Waals surface area contributed by atoms with E-state index in [-0.39, 0.29) is 10.8 Å². The molecule has 1 aromatic carbocycles. The molecule has 2 saturated heterocycles. The summed E-state index contributed by atoms with van der Waals surface area (Å²) in [5.41, 5.74) is -0.402. The molecule has 2 heterocycles. The first-order valence-corrected chi connectivity index (χ1v) is 9.32. The number of likely N-dealkylation sites (N-methyl/N-ethyl adjacent to an activating group) is 1. The summed E-state index contributed by atoms with van der Waals surface area (Å²) in [5, 5.41) is 0. The highest BCUT2D eigenvalue weighted by molar-refractivity contribution is 7.89. The van der Waals surface area contributed by atoms with Crippen molar-refractivity contribution >= 4 is 15.9 Å². The fraction of sp³-hybridized carbons (Fsp3) is 0.562. The van der Waals surface area contributed by atoms with Gasteiger partial charge in [-0.25, -0.2) is 12.8 Å². The smallest absolute Gasteiger partial charge is 0.243 e. The molecule has 2 aliphatic heterocycles. The van der Waals surface area contributed by atoms with E-state index >= 15 is 0 Å². The van der Waals surface area contributed by atoms with Crippen LogP contribution in [-0.2, 0) is 14.8 Å². The van der Waals surface area contributed by atoms with Crippen molar-refractivity contribution < 1.29 is 17.6 Å². The minimum Gasteiger partial charge on any atom is -0.339 e. The third-order valence-corrected chi connectivity index (χ3v) is 6.95. The van der Waals surface area contributed by atoms with Crippen LogP contribution in [0.5, 0.6) is 0 Å². The molecule has 3 rings (SSSR count). The van der Waals surface area contributed by atoms with Gasteiger partial charge in [-0.3, -0.25) is 4.79 Å². The van der Waals surface area contributed by atoms with Crippen molar-refractivity contribution in [2.75, 3.05) is 20.1 Å². The Morgan fingerprint density at radius 3 is 2.48 bits per heavy atom. The number of hydrogen-bond donors (Lipinski definition) is 0. The third kappa shape index (κ3) is 2.87. The quantitative estimate of drug-likeness (QED) is 0.827. The van der Waals surface area contributed by atoms with Crippen LogP contribution in [0.3, 0.4) is 0 Å². The number of carbonyl (C=O) groups excluding carboxylic acids is 1. The molecule has 7 heteroatoms. The van der Waals surface area contributed by atoms with E-state index in [1.54, 1.807) is 11.9 Å². The number of hydrogen-bond acceptors (Lipinski definition) is 3. The minimum absolute atomic E-state index is 0.0808. The van der Waals surface area contributed by atoms with E-state index in [4.69, 9.17) is 0 Å². The summed E-state index contributed by atoms with van der Waals surface area (Å²) in [7, 11) is -1.89. The molecular weight excluding hydrogens is 319 g/mol. The van der Waals surface area contributed by atoms with E-state index in [2.05, 4.69) is 0 Å². The number of sulfonamides is 1. The topological polar surface area (TPSA) is 57.7 Å². The summed E-state index contributed by atoms with van der Waals surface area (Å²) >= 11 is 0. The maximum atomic E-state index is 13.0. The molecule has 1 aromatic rings. The summed E-state index contributed by atoms with van der Waals surface area (Å²) < 4.78 is 40.1. The van der Waals surface area contributed by atoms with Crippen molar-refractivity contribution in [3.05, 3.63) is 30.1 Å². The van der Waals surface area contributed by atoms with Crippen LogP contribution in [0.1, 0.15) is 32.1 Å². The van der Waals surface area contributed by atoms with Crippen molar-refractivity contribution in [1.29, 1.82) is 0 Å². The Labute approximate surface area is 136 Å². The van der Waals surface area contributed by atoms with Crippen LogP contribution >= 0.6 is 0 Å². The van der Waals surface area contributed by atoms with Crippen LogP contribution in [0.4, 0.5) is 4.39 Å². The van der Waals surface area contributed by atoms with Gasteiger partial charge in [0.1, 0.15) is 5.82 Å². The summed E-state index contributed by atoms with van der Waals surface area (Å²) in [6.07, 6.45) is 3.70. The molecule has 23 heavy (non-hydrogen) atoms. The first-order chi connectivity index (χ1) is 10.8. The predicted octanol–water partition coefficient (Wildman–Crippen LogP) is 1.99. The van der Waals surface area contributed by atoms with Crippen LogP contribution in [-0.4, -0.2) is 49.2 Å². The molecule has 0 aliphatic carbocycles. The lowest BCUT2D eigenvalue weighted by Gasteiger charge is -2.50. The van der Waals surface area contributed by atoms with Gasteiger partial charge in [0.05, 0.1) is 10.4 Å². The summed E-state index contributed by atoms with van der Waals surface area (Å²) in [5.74, 6) is -0.381. The van der Waals surface area contributed by atoms with Crippen LogP contribution in [0.15, 0.2) is 29.2 Å². The van der Waals surface area contributed by atoms with E-state index in [0.717, 1.165) is 37.8 Å². The number of nitrogens with zero attached hydrogens (tertiary/aromatic N) is 2. The van der Waals surface area contributed by atoms with Gasteiger partial charge in [-0.05, 0) is 49.9 Å². The highest BCUT2D eigenvalue weighted by atomic mass is 32.2. The average Bonchev–Trinajstić information content (AvgIpc) is 2.53. The molecule has 1 amide bonds. The van der Waals surface area contributed by atoms with Crippen molar-refractivity contribution in [3.63, 3.8) is 0 Å². The molecule has 1 unspecified atom stereocenters. The number of likely N-dealkylation sites (tertiary alicyclic amines) is 1. The Balaban J connectivity index is 1.88. The SMILES string of the molecule is CN1C(=O)CCCC12CCCN(S(=O)(=O)c1ccc(F)cc1)C2. The summed E-state index contributed by atoms with van der Waals surface area (Å²) in [6, 6.07) is 4.90. The Morgan fingerprint density at radius 2 is 1.78 bits per heavy atom. The van der Waals surface area contributed by atoms with Crippen LogP contribution in [0.2, 0.25) is 0 Å². The fourth-order valence-corrected chi connectivity index (χ4v) is 5.24. The van der Waals surface area contributed by atoms with Gasteiger partial charge in [-0.15, -0.1) is 0 Å². The second kappa shape index (κ2) is 5.87. The molecule has 0 bridgehead atoms. The van der Waals surface area contributed by atoms with Crippen molar-refractivity contribution in [1.82, 2.24) is 9.21 Å². The molecule has 1 spiro atoms. The summed E-state index contributed by atoms with van der Waals surface area (Å²) in [6.45, 7) is 0.748. The van der Waals surface area contributed by atoms with E-state index in [0.29, 0.717) is 19.5 Å². The zero-order chi connectivity index (χ0) is 16.7. The normalized spacial score (nSPS) is 26.7. The number of halogens is 1. The molecule has 2 aliphatic rings. The van der Waals surface area contributed by atoms with Crippen molar-refractivity contribution in [3.8, 4) is 0 Å². The lowest BCUT2D eigenvalue weighted by atomic mass is 9.81. The van der Waals surface area contributed by atoms with Crippen LogP contribution < -0.4 is 0 Å². The van der Waals surface area contributed by atoms with Gasteiger partial charge >= 0.3 is 0 Å². The Hall–Kier alpha value is -1.47. The average molecular weight is 340 g/mol. The van der Waals surface area contributed by atoms with E-state index in [1.165, 1.54) is 16.4 Å². The highest BCUT2D eigenvalue weighted by Crippen LogP contribution is 2.37. The zero-order valence-corrected chi connectivity index (χ0v) is 14.0. The largest absolute Gasteiger partial charge is 0.339 e. The van der Waals surface area contributed by atoms with Crippen molar-refractivity contribution in [2.24, 2.45) is 0 Å². The van der Waals surface area contributed by atoms with Gasteiger partial charge in [0.25, 0.3) is 0 Å². The van der Waals surface area contributed by atoms with Gasteiger partial charge in [0, 0.05) is 26.6 Å². The number of carbonyl (C=O) groups is 1. The Kier molecular flexibility index (Phi) is 4.18. The van der Waals surface area contributed by atoms with Gasteiger partial charge in [0.2, 0.25) is 15.9 Å². The lowest BCUT2D eigenvalue weighted by Crippen LogP contribution is -2.61. The molecule has 0 saturated carbocycles. The third-order valence-electron chi connectivity index (χ3n) is 5.09. The first-order valence-electron chi connectivity index (χ1n) is 7.88. The molecule has 0 radical (unpaired) electrons. The van der Waals surface area contributed by atoms with Gasteiger partial charge in [-0.2, -0.15) is 4.31 Å². The molecule has 2 fully saturated rings. The molecular formula is C16H21FN2O3S. The summed E-state index contributed by atoms with van der Waals surface area (Å²) in [4.78, 5) is 13.9. The molecule has 1 atom stereocenters. The molecule has 0 aromatic heterocycles. The standard InChI is InChI=1S/C16H21FN2O3S/c1-18-15(20)4-2-9-16(18)10-3-11-19(12-16)23(21,22)14-7-5-13(17)6-8-14/h5-8H,2-4,9-12H2,1H3. The lowest BCUT2D eigenvalue weighted by molar-refractivity contribution is -0.141. The predicted molar refractivity (Wildman–Crippen MR) is 83.7 cm³/mol. The second-order valence-corrected chi connectivity index (χ2v) is 8.36.